The highest BCUT2D eigenvalue weighted by Crippen LogP contribution is 2.18. The third-order valence-electron chi connectivity index (χ3n) is 4.64. The average Bonchev–Trinajstić information content (AvgIpc) is 3.18. The van der Waals surface area contributed by atoms with Gasteiger partial charge in [-0.2, -0.15) is 0 Å². The zero-order valence-electron chi connectivity index (χ0n) is 14.9. The summed E-state index contributed by atoms with van der Waals surface area (Å²) in [4.78, 5) is 12.3. The molecule has 0 atom stereocenters. The summed E-state index contributed by atoms with van der Waals surface area (Å²) in [7, 11) is -3.27. The van der Waals surface area contributed by atoms with Gasteiger partial charge in [0, 0.05) is 24.3 Å². The lowest BCUT2D eigenvalue weighted by Crippen LogP contribution is -2.29. The van der Waals surface area contributed by atoms with E-state index in [0.717, 1.165) is 24.9 Å². The molecule has 1 aliphatic rings. The molecular weight excluding hydrogens is 348 g/mol. The SMILES string of the molecule is CCc1ccc(NC(=O)c2ccc(CS(=O)(=O)N3CCCC3)cc2)cc1. The molecule has 138 valence electrons. The van der Waals surface area contributed by atoms with Gasteiger partial charge in [-0.1, -0.05) is 31.2 Å². The van der Waals surface area contributed by atoms with Crippen molar-refractivity contribution in [2.24, 2.45) is 0 Å². The van der Waals surface area contributed by atoms with Crippen LogP contribution in [0.25, 0.3) is 0 Å². The molecule has 6 heteroatoms. The van der Waals surface area contributed by atoms with Crippen LogP contribution in [0.3, 0.4) is 0 Å². The smallest absolute Gasteiger partial charge is 0.255 e. The summed E-state index contributed by atoms with van der Waals surface area (Å²) in [5, 5.41) is 2.86. The average molecular weight is 372 g/mol. The summed E-state index contributed by atoms with van der Waals surface area (Å²) >= 11 is 0. The molecule has 0 unspecified atom stereocenters. The molecule has 1 fully saturated rings. The van der Waals surface area contributed by atoms with Crippen LogP contribution >= 0.6 is 0 Å². The summed E-state index contributed by atoms with van der Waals surface area (Å²) in [6.07, 6.45) is 2.81. The molecule has 5 nitrogen and oxygen atoms in total. The number of carbonyl (C=O) groups is 1. The third-order valence-corrected chi connectivity index (χ3v) is 6.49. The molecule has 0 aromatic heterocycles. The van der Waals surface area contributed by atoms with Gasteiger partial charge in [-0.15, -0.1) is 0 Å². The van der Waals surface area contributed by atoms with Crippen LogP contribution in [0.4, 0.5) is 5.69 Å². The van der Waals surface area contributed by atoms with Crippen LogP contribution in [0.15, 0.2) is 48.5 Å². The van der Waals surface area contributed by atoms with E-state index in [2.05, 4.69) is 12.2 Å². The van der Waals surface area contributed by atoms with Gasteiger partial charge >= 0.3 is 0 Å². The molecular formula is C20H24N2O3S. The normalized spacial score (nSPS) is 15.1. The first-order valence-electron chi connectivity index (χ1n) is 8.95. The minimum absolute atomic E-state index is 0.0205. The molecule has 1 saturated heterocycles. The quantitative estimate of drug-likeness (QED) is 0.845. The Morgan fingerprint density at radius 1 is 0.962 bits per heavy atom. The molecule has 2 aromatic rings. The number of nitrogens with one attached hydrogen (secondary N) is 1. The standard InChI is InChI=1S/C20H24N2O3S/c1-2-16-7-11-19(12-8-16)21-20(23)18-9-5-17(6-10-18)15-26(24,25)22-13-3-4-14-22/h5-12H,2-4,13-15H2,1H3,(H,21,23). The number of benzene rings is 2. The van der Waals surface area contributed by atoms with Crippen LogP contribution < -0.4 is 5.32 Å². The zero-order chi connectivity index (χ0) is 18.6. The maximum Gasteiger partial charge on any atom is 0.255 e. The largest absolute Gasteiger partial charge is 0.322 e. The number of aryl methyl sites for hydroxylation is 1. The summed E-state index contributed by atoms with van der Waals surface area (Å²) in [6.45, 7) is 3.30. The van der Waals surface area contributed by atoms with E-state index in [1.165, 1.54) is 5.56 Å². The van der Waals surface area contributed by atoms with Crippen LogP contribution in [-0.2, 0) is 22.2 Å². The first kappa shape index (κ1) is 18.6. The predicted molar refractivity (Wildman–Crippen MR) is 104 cm³/mol. The van der Waals surface area contributed by atoms with Crippen molar-refractivity contribution in [3.05, 3.63) is 65.2 Å². The van der Waals surface area contributed by atoms with E-state index < -0.39 is 10.0 Å². The van der Waals surface area contributed by atoms with E-state index >= 15 is 0 Å². The number of amides is 1. The van der Waals surface area contributed by atoms with Crippen molar-refractivity contribution in [3.8, 4) is 0 Å². The van der Waals surface area contributed by atoms with E-state index in [1.807, 2.05) is 24.3 Å². The Morgan fingerprint density at radius 3 is 2.12 bits per heavy atom. The number of rotatable bonds is 6. The lowest BCUT2D eigenvalue weighted by atomic mass is 10.1. The molecule has 0 radical (unpaired) electrons. The second-order valence-corrected chi connectivity index (χ2v) is 8.53. The van der Waals surface area contributed by atoms with Crippen molar-refractivity contribution in [3.63, 3.8) is 0 Å². The van der Waals surface area contributed by atoms with Crippen molar-refractivity contribution in [2.75, 3.05) is 18.4 Å². The first-order valence-corrected chi connectivity index (χ1v) is 10.6. The van der Waals surface area contributed by atoms with Crippen LogP contribution in [-0.4, -0.2) is 31.7 Å². The molecule has 0 saturated carbocycles. The lowest BCUT2D eigenvalue weighted by Gasteiger charge is -2.15. The Balaban J connectivity index is 1.63. The van der Waals surface area contributed by atoms with Gasteiger partial charge in [0.1, 0.15) is 0 Å². The van der Waals surface area contributed by atoms with Gasteiger partial charge in [-0.25, -0.2) is 12.7 Å². The molecule has 3 rings (SSSR count). The van der Waals surface area contributed by atoms with Gasteiger partial charge in [0.15, 0.2) is 0 Å². The Kier molecular flexibility index (Phi) is 5.74. The fraction of sp³-hybridized carbons (Fsp3) is 0.350. The number of hydrogen-bond donors (Lipinski definition) is 1. The first-order chi connectivity index (χ1) is 12.5. The summed E-state index contributed by atoms with van der Waals surface area (Å²) in [6, 6.07) is 14.5. The van der Waals surface area contributed by atoms with Crippen molar-refractivity contribution in [1.82, 2.24) is 4.31 Å². The molecule has 1 heterocycles. The molecule has 26 heavy (non-hydrogen) atoms. The van der Waals surface area contributed by atoms with Crippen molar-refractivity contribution < 1.29 is 13.2 Å². The molecule has 0 bridgehead atoms. The van der Waals surface area contributed by atoms with Gasteiger partial charge in [-0.05, 0) is 54.7 Å². The minimum atomic E-state index is -3.27. The van der Waals surface area contributed by atoms with E-state index in [-0.39, 0.29) is 11.7 Å². The van der Waals surface area contributed by atoms with Gasteiger partial charge < -0.3 is 5.32 Å². The lowest BCUT2D eigenvalue weighted by molar-refractivity contribution is 0.102. The van der Waals surface area contributed by atoms with Gasteiger partial charge in [0.25, 0.3) is 5.91 Å². The fourth-order valence-electron chi connectivity index (χ4n) is 3.05. The third kappa shape index (κ3) is 4.51. The molecule has 1 amide bonds. The number of carbonyl (C=O) groups excluding carboxylic acids is 1. The second kappa shape index (κ2) is 8.01. The van der Waals surface area contributed by atoms with Crippen molar-refractivity contribution in [1.29, 1.82) is 0 Å². The van der Waals surface area contributed by atoms with Crippen molar-refractivity contribution in [2.45, 2.75) is 31.9 Å². The topological polar surface area (TPSA) is 66.5 Å². The monoisotopic (exact) mass is 372 g/mol. The number of sulfonamides is 1. The Bertz CT molecular complexity index is 853. The molecule has 0 spiro atoms. The second-order valence-electron chi connectivity index (χ2n) is 6.56. The Labute approximate surface area is 155 Å². The maximum atomic E-state index is 12.4. The van der Waals surface area contributed by atoms with E-state index in [0.29, 0.717) is 24.2 Å². The maximum absolute atomic E-state index is 12.4. The van der Waals surface area contributed by atoms with E-state index in [9.17, 15) is 13.2 Å². The zero-order valence-corrected chi connectivity index (χ0v) is 15.8. The molecule has 1 aliphatic heterocycles. The van der Waals surface area contributed by atoms with Crippen LogP contribution in [0.1, 0.15) is 41.3 Å². The van der Waals surface area contributed by atoms with E-state index in [4.69, 9.17) is 0 Å². The highest BCUT2D eigenvalue weighted by Gasteiger charge is 2.25. The molecule has 1 N–H and O–H groups in total. The predicted octanol–water partition coefficient (Wildman–Crippen LogP) is 3.43. The summed E-state index contributed by atoms with van der Waals surface area (Å²) < 4.78 is 26.3. The number of hydrogen-bond acceptors (Lipinski definition) is 3. The molecule has 0 aliphatic carbocycles. The highest BCUT2D eigenvalue weighted by molar-refractivity contribution is 7.88. The Morgan fingerprint density at radius 2 is 1.54 bits per heavy atom. The van der Waals surface area contributed by atoms with Crippen LogP contribution in [0, 0.1) is 0 Å². The highest BCUT2D eigenvalue weighted by atomic mass is 32.2. The fourth-order valence-corrected chi connectivity index (χ4v) is 4.66. The van der Waals surface area contributed by atoms with Gasteiger partial charge in [0.2, 0.25) is 10.0 Å². The Hall–Kier alpha value is -2.18. The van der Waals surface area contributed by atoms with Gasteiger partial charge in [-0.3, -0.25) is 4.79 Å². The minimum Gasteiger partial charge on any atom is -0.322 e. The van der Waals surface area contributed by atoms with Gasteiger partial charge in [0.05, 0.1) is 5.75 Å². The number of nitrogens with zero attached hydrogens (tertiary/aromatic N) is 1. The van der Waals surface area contributed by atoms with Crippen LogP contribution in [0.5, 0.6) is 0 Å². The van der Waals surface area contributed by atoms with E-state index in [1.54, 1.807) is 28.6 Å². The van der Waals surface area contributed by atoms with Crippen LogP contribution in [0.2, 0.25) is 0 Å². The van der Waals surface area contributed by atoms with Crippen molar-refractivity contribution >= 4 is 21.6 Å². The number of anilines is 1. The summed E-state index contributed by atoms with van der Waals surface area (Å²) in [5.74, 6) is -0.226. The summed E-state index contributed by atoms with van der Waals surface area (Å²) in [5.41, 5.74) is 3.16. The molecule has 2 aromatic carbocycles.